The summed E-state index contributed by atoms with van der Waals surface area (Å²) in [4.78, 5) is 23.2. The number of halogens is 2. The largest absolute Gasteiger partial charge is 0.482 e. The molecule has 2 N–H and O–H groups in total. The van der Waals surface area contributed by atoms with Gasteiger partial charge in [0.25, 0.3) is 5.91 Å². The Bertz CT molecular complexity index is 663. The predicted molar refractivity (Wildman–Crippen MR) is 86.4 cm³/mol. The number of nitrogens with one attached hydrogen (secondary N) is 2. The maximum absolute atomic E-state index is 11.7. The summed E-state index contributed by atoms with van der Waals surface area (Å²) in [6.07, 6.45) is 1.37. The van der Waals surface area contributed by atoms with Gasteiger partial charge in [-0.05, 0) is 52.7 Å². The number of aryl methyl sites for hydroxylation is 1. The van der Waals surface area contributed by atoms with Gasteiger partial charge < -0.3 is 9.15 Å². The highest BCUT2D eigenvalue weighted by molar-refractivity contribution is 9.11. The van der Waals surface area contributed by atoms with Gasteiger partial charge in [0.1, 0.15) is 5.75 Å². The molecule has 0 aliphatic rings. The Labute approximate surface area is 143 Å². The van der Waals surface area contributed by atoms with Gasteiger partial charge in [-0.15, -0.1) is 0 Å². The molecule has 116 valence electrons. The lowest BCUT2D eigenvalue weighted by Gasteiger charge is -2.12. The first-order chi connectivity index (χ1) is 10.5. The molecule has 1 aromatic carbocycles. The summed E-state index contributed by atoms with van der Waals surface area (Å²) < 4.78 is 12.0. The van der Waals surface area contributed by atoms with E-state index in [4.69, 9.17) is 9.15 Å². The van der Waals surface area contributed by atoms with E-state index in [9.17, 15) is 9.59 Å². The standard InChI is InChI=1S/C14H12Br2N2O4/c1-8-5-9(15)6-10(16)13(8)22-7-12(19)17-18-14(20)11-3-2-4-21-11/h2-6H,7H2,1H3,(H,17,19)(H,18,20). The predicted octanol–water partition coefficient (Wildman–Crippen LogP) is 2.95. The molecular weight excluding hydrogens is 420 g/mol. The van der Waals surface area contributed by atoms with Gasteiger partial charge in [0.05, 0.1) is 10.7 Å². The second-order valence-electron chi connectivity index (χ2n) is 4.30. The lowest BCUT2D eigenvalue weighted by atomic mass is 10.2. The van der Waals surface area contributed by atoms with Crippen molar-refractivity contribution in [3.63, 3.8) is 0 Å². The van der Waals surface area contributed by atoms with Crippen LogP contribution in [-0.4, -0.2) is 18.4 Å². The van der Waals surface area contributed by atoms with Gasteiger partial charge >= 0.3 is 5.91 Å². The van der Waals surface area contributed by atoms with Crippen molar-refractivity contribution in [2.45, 2.75) is 6.92 Å². The molecule has 22 heavy (non-hydrogen) atoms. The molecule has 0 radical (unpaired) electrons. The van der Waals surface area contributed by atoms with Crippen molar-refractivity contribution in [2.24, 2.45) is 0 Å². The van der Waals surface area contributed by atoms with Crippen molar-refractivity contribution >= 4 is 43.7 Å². The molecular formula is C14H12Br2N2O4. The maximum Gasteiger partial charge on any atom is 0.305 e. The molecule has 0 aliphatic heterocycles. The van der Waals surface area contributed by atoms with Crippen LogP contribution in [0.15, 0.2) is 43.9 Å². The smallest absolute Gasteiger partial charge is 0.305 e. The molecule has 0 aliphatic carbocycles. The van der Waals surface area contributed by atoms with Gasteiger partial charge in [0.15, 0.2) is 12.4 Å². The molecule has 2 aromatic rings. The Kier molecular flexibility index (Phi) is 5.62. The first-order valence-electron chi connectivity index (χ1n) is 6.18. The van der Waals surface area contributed by atoms with E-state index < -0.39 is 11.8 Å². The molecule has 2 rings (SSSR count). The number of hydrazine groups is 1. The van der Waals surface area contributed by atoms with Crippen LogP contribution >= 0.6 is 31.9 Å². The Morgan fingerprint density at radius 1 is 1.27 bits per heavy atom. The molecule has 0 fully saturated rings. The molecule has 0 bridgehead atoms. The Morgan fingerprint density at radius 2 is 2.05 bits per heavy atom. The number of amides is 2. The van der Waals surface area contributed by atoms with Crippen LogP contribution in [0.25, 0.3) is 0 Å². The quantitative estimate of drug-likeness (QED) is 0.729. The number of rotatable bonds is 4. The number of hydrogen-bond donors (Lipinski definition) is 2. The zero-order valence-electron chi connectivity index (χ0n) is 11.5. The summed E-state index contributed by atoms with van der Waals surface area (Å²) in [7, 11) is 0. The Balaban J connectivity index is 1.85. The van der Waals surface area contributed by atoms with E-state index in [1.165, 1.54) is 12.3 Å². The average Bonchev–Trinajstić information content (AvgIpc) is 2.97. The zero-order valence-corrected chi connectivity index (χ0v) is 14.7. The van der Waals surface area contributed by atoms with Gasteiger partial charge in [0.2, 0.25) is 0 Å². The van der Waals surface area contributed by atoms with E-state index >= 15 is 0 Å². The van der Waals surface area contributed by atoms with E-state index in [1.807, 2.05) is 19.1 Å². The third-order valence-electron chi connectivity index (χ3n) is 2.60. The number of hydrogen-bond acceptors (Lipinski definition) is 4. The van der Waals surface area contributed by atoms with Gasteiger partial charge in [-0.25, -0.2) is 0 Å². The second kappa shape index (κ2) is 7.46. The molecule has 2 amide bonds. The summed E-state index contributed by atoms with van der Waals surface area (Å²) >= 11 is 6.73. The summed E-state index contributed by atoms with van der Waals surface area (Å²) in [5.41, 5.74) is 5.34. The number of carbonyl (C=O) groups excluding carboxylic acids is 2. The Hall–Kier alpha value is -1.80. The third kappa shape index (κ3) is 4.35. The molecule has 1 heterocycles. The van der Waals surface area contributed by atoms with E-state index in [2.05, 4.69) is 42.7 Å². The summed E-state index contributed by atoms with van der Waals surface area (Å²) in [5.74, 6) is -0.364. The van der Waals surface area contributed by atoms with Gasteiger partial charge in [-0.2, -0.15) is 0 Å². The molecule has 0 unspecified atom stereocenters. The fourth-order valence-electron chi connectivity index (χ4n) is 1.64. The van der Waals surface area contributed by atoms with Gasteiger partial charge in [-0.3, -0.25) is 20.4 Å². The Morgan fingerprint density at radius 3 is 2.68 bits per heavy atom. The highest BCUT2D eigenvalue weighted by atomic mass is 79.9. The van der Waals surface area contributed by atoms with Crippen molar-refractivity contribution in [3.8, 4) is 5.75 Å². The van der Waals surface area contributed by atoms with Crippen molar-refractivity contribution in [2.75, 3.05) is 6.61 Å². The minimum atomic E-state index is -0.542. The summed E-state index contributed by atoms with van der Waals surface area (Å²) in [5, 5.41) is 0. The van der Waals surface area contributed by atoms with Crippen molar-refractivity contribution < 1.29 is 18.7 Å². The van der Waals surface area contributed by atoms with Crippen LogP contribution in [0, 0.1) is 6.92 Å². The van der Waals surface area contributed by atoms with E-state index in [1.54, 1.807) is 6.07 Å². The van der Waals surface area contributed by atoms with Gasteiger partial charge in [-0.1, -0.05) is 15.9 Å². The normalized spacial score (nSPS) is 10.1. The number of furan rings is 1. The first-order valence-corrected chi connectivity index (χ1v) is 7.77. The number of ether oxygens (including phenoxy) is 1. The SMILES string of the molecule is Cc1cc(Br)cc(Br)c1OCC(=O)NNC(=O)c1ccco1. The molecule has 0 spiro atoms. The number of carbonyl (C=O) groups is 2. The lowest BCUT2D eigenvalue weighted by Crippen LogP contribution is -2.43. The monoisotopic (exact) mass is 430 g/mol. The average molecular weight is 432 g/mol. The highest BCUT2D eigenvalue weighted by Crippen LogP contribution is 2.32. The van der Waals surface area contributed by atoms with Gasteiger partial charge in [0, 0.05) is 4.47 Å². The minimum Gasteiger partial charge on any atom is -0.482 e. The zero-order chi connectivity index (χ0) is 16.1. The highest BCUT2D eigenvalue weighted by Gasteiger charge is 2.12. The molecule has 6 nitrogen and oxygen atoms in total. The van der Waals surface area contributed by atoms with Crippen LogP contribution in [0.4, 0.5) is 0 Å². The maximum atomic E-state index is 11.7. The molecule has 8 heteroatoms. The first kappa shape index (κ1) is 16.6. The number of benzene rings is 1. The van der Waals surface area contributed by atoms with Crippen molar-refractivity contribution in [1.29, 1.82) is 0 Å². The van der Waals surface area contributed by atoms with Crippen LogP contribution in [0.3, 0.4) is 0 Å². The molecule has 0 saturated heterocycles. The van der Waals surface area contributed by atoms with E-state index in [0.29, 0.717) is 5.75 Å². The topological polar surface area (TPSA) is 80.6 Å². The van der Waals surface area contributed by atoms with E-state index in [0.717, 1.165) is 14.5 Å². The fourth-order valence-corrected chi connectivity index (χ4v) is 3.19. The van der Waals surface area contributed by atoms with Crippen LogP contribution in [-0.2, 0) is 4.79 Å². The van der Waals surface area contributed by atoms with Crippen LogP contribution in [0.2, 0.25) is 0 Å². The van der Waals surface area contributed by atoms with Crippen molar-refractivity contribution in [1.82, 2.24) is 10.9 Å². The molecule has 0 saturated carbocycles. The third-order valence-corrected chi connectivity index (χ3v) is 3.65. The van der Waals surface area contributed by atoms with Crippen LogP contribution < -0.4 is 15.6 Å². The second-order valence-corrected chi connectivity index (χ2v) is 6.07. The minimum absolute atomic E-state index is 0.104. The molecule has 1 aromatic heterocycles. The molecule has 0 atom stereocenters. The fraction of sp³-hybridized carbons (Fsp3) is 0.143. The van der Waals surface area contributed by atoms with Crippen LogP contribution in [0.1, 0.15) is 16.1 Å². The van der Waals surface area contributed by atoms with E-state index in [-0.39, 0.29) is 12.4 Å². The van der Waals surface area contributed by atoms with Crippen molar-refractivity contribution in [3.05, 3.63) is 50.8 Å². The lowest BCUT2D eigenvalue weighted by molar-refractivity contribution is -0.123. The summed E-state index contributed by atoms with van der Waals surface area (Å²) in [6.45, 7) is 1.63. The van der Waals surface area contributed by atoms with Crippen LogP contribution in [0.5, 0.6) is 5.75 Å². The summed E-state index contributed by atoms with van der Waals surface area (Å²) in [6, 6.07) is 6.75.